The zero-order valence-corrected chi connectivity index (χ0v) is 16.2. The van der Waals surface area contributed by atoms with Gasteiger partial charge in [-0.3, -0.25) is 4.79 Å². The number of H-pyrrole nitrogens is 2. The second-order valence-electron chi connectivity index (χ2n) is 6.80. The quantitative estimate of drug-likeness (QED) is 0.400. The molecule has 0 radical (unpaired) electrons. The Morgan fingerprint density at radius 2 is 1.96 bits per heavy atom. The molecule has 146 valence electrons. The first kappa shape index (κ1) is 19.2. The number of aromatic amines is 2. The number of amidine groups is 1. The number of aryl methyl sites for hydroxylation is 1. The fraction of sp³-hybridized carbons (Fsp3) is 0.250. The highest BCUT2D eigenvalue weighted by atomic mass is 16.5. The molecule has 1 aromatic heterocycles. The predicted octanol–water partition coefficient (Wildman–Crippen LogP) is 3.21. The van der Waals surface area contributed by atoms with Crippen molar-refractivity contribution in [2.45, 2.75) is 33.8 Å². The number of aromatic nitrogens is 2. The molecule has 2 aromatic carbocycles. The number of rotatable bonds is 5. The van der Waals surface area contributed by atoms with Gasteiger partial charge in [0, 0.05) is 5.56 Å². The number of amides is 1. The lowest BCUT2D eigenvalue weighted by atomic mass is 10.1. The SMILES string of the molecule is CC(=Nc1c(C)ccc2[nH]c(=O)[nH]c12)Nc1cc(C(N)=O)ccc1OC(C)C. The van der Waals surface area contributed by atoms with Crippen LogP contribution in [0.2, 0.25) is 0 Å². The number of nitrogens with one attached hydrogen (secondary N) is 3. The molecule has 0 spiro atoms. The van der Waals surface area contributed by atoms with E-state index in [0.29, 0.717) is 39.6 Å². The number of primary amides is 1. The van der Waals surface area contributed by atoms with Crippen LogP contribution in [0.5, 0.6) is 5.75 Å². The van der Waals surface area contributed by atoms with Crippen molar-refractivity contribution >= 4 is 34.2 Å². The summed E-state index contributed by atoms with van der Waals surface area (Å²) in [4.78, 5) is 33.3. The van der Waals surface area contributed by atoms with Crippen LogP contribution in [-0.4, -0.2) is 27.8 Å². The third-order valence-electron chi connectivity index (χ3n) is 4.09. The number of imidazole rings is 1. The fourth-order valence-corrected chi connectivity index (χ4v) is 2.87. The van der Waals surface area contributed by atoms with Crippen molar-refractivity contribution in [1.29, 1.82) is 0 Å². The van der Waals surface area contributed by atoms with Crippen LogP contribution in [0.4, 0.5) is 11.4 Å². The summed E-state index contributed by atoms with van der Waals surface area (Å²) in [5.41, 5.74) is 8.93. The zero-order chi connectivity index (χ0) is 20.4. The number of nitrogens with zero attached hydrogens (tertiary/aromatic N) is 1. The summed E-state index contributed by atoms with van der Waals surface area (Å²) in [5.74, 6) is 0.617. The molecule has 0 fully saturated rings. The van der Waals surface area contributed by atoms with E-state index in [1.165, 1.54) is 0 Å². The third-order valence-corrected chi connectivity index (χ3v) is 4.09. The lowest BCUT2D eigenvalue weighted by molar-refractivity contribution is 0.100. The minimum absolute atomic E-state index is 0.0434. The highest BCUT2D eigenvalue weighted by Gasteiger charge is 2.12. The molecule has 0 saturated heterocycles. The highest BCUT2D eigenvalue weighted by molar-refractivity contribution is 6.01. The first-order chi connectivity index (χ1) is 13.2. The van der Waals surface area contributed by atoms with E-state index in [4.69, 9.17) is 10.5 Å². The van der Waals surface area contributed by atoms with Gasteiger partial charge in [0.2, 0.25) is 5.91 Å². The Morgan fingerprint density at radius 3 is 2.64 bits per heavy atom. The fourth-order valence-electron chi connectivity index (χ4n) is 2.87. The van der Waals surface area contributed by atoms with E-state index >= 15 is 0 Å². The number of anilines is 1. The molecule has 3 aromatic rings. The third kappa shape index (κ3) is 4.06. The van der Waals surface area contributed by atoms with Crippen molar-refractivity contribution < 1.29 is 9.53 Å². The topological polar surface area (TPSA) is 125 Å². The number of carbonyl (C=O) groups is 1. The van der Waals surface area contributed by atoms with Gasteiger partial charge in [-0.2, -0.15) is 0 Å². The summed E-state index contributed by atoms with van der Waals surface area (Å²) in [6.07, 6.45) is -0.0434. The smallest absolute Gasteiger partial charge is 0.323 e. The molecule has 1 heterocycles. The standard InChI is InChI=1S/C20H23N5O3/c1-10(2)28-16-8-6-13(19(21)26)9-15(16)22-12(4)23-17-11(3)5-7-14-18(17)25-20(27)24-14/h5-10H,1-4H3,(H2,21,26)(H,22,23)(H2,24,25,27). The van der Waals surface area contributed by atoms with Crippen LogP contribution in [-0.2, 0) is 0 Å². The maximum atomic E-state index is 11.6. The highest BCUT2D eigenvalue weighted by Crippen LogP contribution is 2.29. The van der Waals surface area contributed by atoms with Crippen LogP contribution in [0.15, 0.2) is 40.1 Å². The van der Waals surface area contributed by atoms with Crippen LogP contribution in [0, 0.1) is 6.92 Å². The van der Waals surface area contributed by atoms with Crippen LogP contribution in [0.1, 0.15) is 36.7 Å². The molecule has 0 aliphatic rings. The summed E-state index contributed by atoms with van der Waals surface area (Å²) in [6, 6.07) is 8.66. The number of fused-ring (bicyclic) bond motifs is 1. The van der Waals surface area contributed by atoms with Crippen molar-refractivity contribution in [3.8, 4) is 5.75 Å². The molecule has 1 amide bonds. The molecule has 0 bridgehead atoms. The minimum atomic E-state index is -0.528. The number of hydrogen-bond donors (Lipinski definition) is 4. The van der Waals surface area contributed by atoms with E-state index in [0.717, 1.165) is 5.56 Å². The van der Waals surface area contributed by atoms with E-state index in [9.17, 15) is 9.59 Å². The number of nitrogens with two attached hydrogens (primary N) is 1. The van der Waals surface area contributed by atoms with Crippen molar-refractivity contribution in [2.75, 3.05) is 5.32 Å². The number of ether oxygens (including phenoxy) is 1. The van der Waals surface area contributed by atoms with Crippen LogP contribution < -0.4 is 21.5 Å². The Hall–Kier alpha value is -3.55. The Labute approximate surface area is 161 Å². The molecule has 0 unspecified atom stereocenters. The second-order valence-corrected chi connectivity index (χ2v) is 6.80. The number of benzene rings is 2. The molecule has 8 nitrogen and oxygen atoms in total. The monoisotopic (exact) mass is 381 g/mol. The van der Waals surface area contributed by atoms with Gasteiger partial charge in [-0.05, 0) is 57.5 Å². The lowest BCUT2D eigenvalue weighted by Crippen LogP contribution is -2.15. The van der Waals surface area contributed by atoms with Crippen LogP contribution >= 0.6 is 0 Å². The molecule has 0 saturated carbocycles. The minimum Gasteiger partial charge on any atom is -0.489 e. The lowest BCUT2D eigenvalue weighted by Gasteiger charge is -2.16. The molecule has 0 atom stereocenters. The molecule has 3 rings (SSSR count). The van der Waals surface area contributed by atoms with Gasteiger partial charge in [0.15, 0.2) is 0 Å². The van der Waals surface area contributed by atoms with Gasteiger partial charge in [-0.1, -0.05) is 6.07 Å². The average molecular weight is 381 g/mol. The van der Waals surface area contributed by atoms with E-state index in [1.54, 1.807) is 25.1 Å². The molecule has 5 N–H and O–H groups in total. The summed E-state index contributed by atoms with van der Waals surface area (Å²) in [7, 11) is 0. The largest absolute Gasteiger partial charge is 0.489 e. The van der Waals surface area contributed by atoms with Gasteiger partial charge in [-0.15, -0.1) is 0 Å². The Bertz CT molecular complexity index is 1120. The normalized spacial score (nSPS) is 11.8. The molecular formula is C20H23N5O3. The Kier molecular flexibility index (Phi) is 5.21. The number of hydrogen-bond acceptors (Lipinski definition) is 4. The zero-order valence-electron chi connectivity index (χ0n) is 16.2. The maximum absolute atomic E-state index is 11.6. The van der Waals surface area contributed by atoms with E-state index < -0.39 is 5.91 Å². The summed E-state index contributed by atoms with van der Waals surface area (Å²) < 4.78 is 5.81. The Morgan fingerprint density at radius 1 is 1.21 bits per heavy atom. The first-order valence-electron chi connectivity index (χ1n) is 8.89. The van der Waals surface area contributed by atoms with Crippen molar-refractivity contribution in [2.24, 2.45) is 10.7 Å². The van der Waals surface area contributed by atoms with Gasteiger partial charge < -0.3 is 25.8 Å². The van der Waals surface area contributed by atoms with Crippen molar-refractivity contribution in [1.82, 2.24) is 9.97 Å². The van der Waals surface area contributed by atoms with Gasteiger partial charge in [0.05, 0.1) is 28.5 Å². The van der Waals surface area contributed by atoms with E-state index in [-0.39, 0.29) is 11.8 Å². The van der Waals surface area contributed by atoms with Gasteiger partial charge in [-0.25, -0.2) is 9.79 Å². The molecule has 8 heteroatoms. The second kappa shape index (κ2) is 7.59. The maximum Gasteiger partial charge on any atom is 0.323 e. The summed E-state index contributed by atoms with van der Waals surface area (Å²) >= 11 is 0. The van der Waals surface area contributed by atoms with Gasteiger partial charge in [0.1, 0.15) is 11.6 Å². The summed E-state index contributed by atoms with van der Waals surface area (Å²) in [6.45, 7) is 7.54. The van der Waals surface area contributed by atoms with Crippen LogP contribution in [0.25, 0.3) is 11.0 Å². The summed E-state index contributed by atoms with van der Waals surface area (Å²) in [5, 5.41) is 3.17. The molecular weight excluding hydrogens is 358 g/mol. The predicted molar refractivity (Wildman–Crippen MR) is 111 cm³/mol. The van der Waals surface area contributed by atoms with Gasteiger partial charge in [0.25, 0.3) is 0 Å². The first-order valence-corrected chi connectivity index (χ1v) is 8.89. The van der Waals surface area contributed by atoms with E-state index in [2.05, 4.69) is 20.3 Å². The van der Waals surface area contributed by atoms with Gasteiger partial charge >= 0.3 is 5.69 Å². The Balaban J connectivity index is 2.02. The van der Waals surface area contributed by atoms with Crippen LogP contribution in [0.3, 0.4) is 0 Å². The molecule has 0 aliphatic heterocycles. The van der Waals surface area contributed by atoms with Crippen molar-refractivity contribution in [3.05, 3.63) is 51.9 Å². The van der Waals surface area contributed by atoms with Crippen molar-refractivity contribution in [3.63, 3.8) is 0 Å². The number of aliphatic imine (C=N–C) groups is 1. The number of carbonyl (C=O) groups excluding carboxylic acids is 1. The average Bonchev–Trinajstić information content (AvgIpc) is 2.99. The van der Waals surface area contributed by atoms with E-state index in [1.807, 2.05) is 32.9 Å². The molecule has 28 heavy (non-hydrogen) atoms. The molecule has 0 aliphatic carbocycles.